The number of nitrogens with one attached hydrogen (secondary N) is 2. The minimum absolute atomic E-state index is 0.288. The molecule has 7 nitrogen and oxygen atoms in total. The van der Waals surface area contributed by atoms with Crippen molar-refractivity contribution in [1.82, 2.24) is 9.88 Å². The molecule has 1 atom stereocenters. The van der Waals surface area contributed by atoms with E-state index in [1.54, 1.807) is 6.07 Å². The Morgan fingerprint density at radius 3 is 2.80 bits per heavy atom. The van der Waals surface area contributed by atoms with Crippen LogP contribution in [0.5, 0.6) is 0 Å². The van der Waals surface area contributed by atoms with Gasteiger partial charge in [-0.3, -0.25) is 4.79 Å². The predicted molar refractivity (Wildman–Crippen MR) is 95.7 cm³/mol. The predicted octanol–water partition coefficient (Wildman–Crippen LogP) is 2.50. The summed E-state index contributed by atoms with van der Waals surface area (Å²) in [5.41, 5.74) is 9.34. The highest BCUT2D eigenvalue weighted by Crippen LogP contribution is 2.29. The summed E-state index contributed by atoms with van der Waals surface area (Å²) in [5, 5.41) is 12.5. The Hall–Kier alpha value is -2.96. The van der Waals surface area contributed by atoms with Crippen molar-refractivity contribution in [3.05, 3.63) is 41.6 Å². The van der Waals surface area contributed by atoms with E-state index in [0.29, 0.717) is 25.2 Å². The molecule has 0 radical (unpaired) electrons. The van der Waals surface area contributed by atoms with Crippen molar-refractivity contribution in [1.29, 1.82) is 0 Å². The lowest BCUT2D eigenvalue weighted by atomic mass is 10.1. The van der Waals surface area contributed by atoms with Gasteiger partial charge >= 0.3 is 6.09 Å². The van der Waals surface area contributed by atoms with Gasteiger partial charge in [0, 0.05) is 42.3 Å². The molecule has 2 aromatic rings. The van der Waals surface area contributed by atoms with E-state index in [1.807, 2.05) is 31.2 Å². The van der Waals surface area contributed by atoms with Gasteiger partial charge in [0.25, 0.3) is 5.91 Å². The van der Waals surface area contributed by atoms with Crippen LogP contribution < -0.4 is 11.1 Å². The number of anilines is 1. The van der Waals surface area contributed by atoms with Gasteiger partial charge in [-0.15, -0.1) is 0 Å². The maximum atomic E-state index is 11.5. The molecule has 2 amide bonds. The molecule has 2 heterocycles. The Labute approximate surface area is 145 Å². The van der Waals surface area contributed by atoms with Gasteiger partial charge in [-0.25, -0.2) is 4.79 Å². The van der Waals surface area contributed by atoms with Gasteiger partial charge in [0.1, 0.15) is 0 Å². The van der Waals surface area contributed by atoms with Gasteiger partial charge in [-0.2, -0.15) is 0 Å². The molecule has 1 aliphatic rings. The quantitative estimate of drug-likeness (QED) is 0.669. The van der Waals surface area contributed by atoms with E-state index in [4.69, 9.17) is 10.8 Å². The molecular formula is C18H22N4O3. The summed E-state index contributed by atoms with van der Waals surface area (Å²) < 4.78 is 0. The Balaban J connectivity index is 1.75. The number of aryl methyl sites for hydroxylation is 1. The van der Waals surface area contributed by atoms with Gasteiger partial charge in [0.15, 0.2) is 0 Å². The number of likely N-dealkylation sites (tertiary alicyclic amines) is 1. The fraction of sp³-hybridized carbons (Fsp3) is 0.333. The van der Waals surface area contributed by atoms with Gasteiger partial charge in [0.2, 0.25) is 0 Å². The number of aromatic amines is 1. The number of carbonyl (C=O) groups is 2. The molecule has 0 bridgehead atoms. The highest BCUT2D eigenvalue weighted by Gasteiger charge is 2.25. The zero-order valence-electron chi connectivity index (χ0n) is 14.1. The highest BCUT2D eigenvalue weighted by atomic mass is 16.4. The Morgan fingerprint density at radius 1 is 1.40 bits per heavy atom. The van der Waals surface area contributed by atoms with Crippen LogP contribution in [-0.2, 0) is 0 Å². The highest BCUT2D eigenvalue weighted by molar-refractivity contribution is 5.96. The first-order chi connectivity index (χ1) is 12.0. The molecule has 25 heavy (non-hydrogen) atoms. The summed E-state index contributed by atoms with van der Waals surface area (Å²) in [4.78, 5) is 27.1. The van der Waals surface area contributed by atoms with Crippen molar-refractivity contribution in [2.24, 2.45) is 11.7 Å². The number of amides is 2. The number of aromatic nitrogens is 1. The van der Waals surface area contributed by atoms with Crippen LogP contribution in [0.15, 0.2) is 30.3 Å². The Bertz CT molecular complexity index is 799. The van der Waals surface area contributed by atoms with Crippen LogP contribution in [0.4, 0.5) is 10.5 Å². The zero-order valence-corrected chi connectivity index (χ0v) is 14.1. The van der Waals surface area contributed by atoms with Crippen LogP contribution in [0, 0.1) is 12.8 Å². The lowest BCUT2D eigenvalue weighted by Gasteiger charge is -2.15. The monoisotopic (exact) mass is 342 g/mol. The van der Waals surface area contributed by atoms with E-state index in [0.717, 1.165) is 29.1 Å². The van der Waals surface area contributed by atoms with Crippen molar-refractivity contribution < 1.29 is 14.7 Å². The van der Waals surface area contributed by atoms with E-state index in [1.165, 1.54) is 4.90 Å². The fourth-order valence-corrected chi connectivity index (χ4v) is 3.26. The number of nitrogens with two attached hydrogens (primary N) is 1. The lowest BCUT2D eigenvalue weighted by Crippen LogP contribution is -2.27. The third kappa shape index (κ3) is 3.60. The Morgan fingerprint density at radius 2 is 2.16 bits per heavy atom. The molecule has 1 saturated heterocycles. The molecule has 1 aromatic carbocycles. The largest absolute Gasteiger partial charge is 0.465 e. The van der Waals surface area contributed by atoms with Crippen molar-refractivity contribution >= 4 is 17.7 Å². The van der Waals surface area contributed by atoms with Crippen LogP contribution >= 0.6 is 0 Å². The molecule has 0 aliphatic carbocycles. The molecular weight excluding hydrogens is 320 g/mol. The summed E-state index contributed by atoms with van der Waals surface area (Å²) in [5.74, 6) is -0.166. The normalized spacial score (nSPS) is 16.8. The van der Waals surface area contributed by atoms with Crippen molar-refractivity contribution in [2.45, 2.75) is 13.3 Å². The number of hydrogen-bond donors (Lipinski definition) is 4. The van der Waals surface area contributed by atoms with Gasteiger partial charge in [-0.1, -0.05) is 18.2 Å². The minimum atomic E-state index is -0.858. The number of nitrogens with zero attached hydrogens (tertiary/aromatic N) is 1. The fourth-order valence-electron chi connectivity index (χ4n) is 3.26. The van der Waals surface area contributed by atoms with Crippen LogP contribution in [-0.4, -0.2) is 46.6 Å². The molecule has 1 aliphatic heterocycles. The maximum absolute atomic E-state index is 11.5. The first-order valence-electron chi connectivity index (χ1n) is 8.26. The number of carbonyl (C=O) groups excluding carboxylic acids is 1. The second kappa shape index (κ2) is 6.88. The maximum Gasteiger partial charge on any atom is 0.407 e. The van der Waals surface area contributed by atoms with Crippen molar-refractivity contribution in [3.8, 4) is 11.3 Å². The number of hydrogen-bond acceptors (Lipinski definition) is 3. The molecule has 132 valence electrons. The SMILES string of the molecule is Cc1[nH]c(-c2ccccc2NCC2CCN(C(=O)O)C2)cc1C(N)=O. The van der Waals surface area contributed by atoms with Gasteiger partial charge in [-0.05, 0) is 31.4 Å². The van der Waals surface area contributed by atoms with E-state index in [2.05, 4.69) is 10.3 Å². The van der Waals surface area contributed by atoms with E-state index in [9.17, 15) is 9.59 Å². The third-order valence-corrected chi connectivity index (χ3v) is 4.64. The molecule has 7 heteroatoms. The number of para-hydroxylation sites is 1. The van der Waals surface area contributed by atoms with Crippen LogP contribution in [0.25, 0.3) is 11.3 Å². The molecule has 0 spiro atoms. The smallest absolute Gasteiger partial charge is 0.407 e. The van der Waals surface area contributed by atoms with Crippen LogP contribution in [0.1, 0.15) is 22.5 Å². The van der Waals surface area contributed by atoms with Gasteiger partial charge in [0.05, 0.1) is 5.56 Å². The van der Waals surface area contributed by atoms with E-state index in [-0.39, 0.29) is 5.92 Å². The van der Waals surface area contributed by atoms with E-state index < -0.39 is 12.0 Å². The number of benzene rings is 1. The molecule has 0 saturated carbocycles. The van der Waals surface area contributed by atoms with Crippen molar-refractivity contribution in [3.63, 3.8) is 0 Å². The first-order valence-corrected chi connectivity index (χ1v) is 8.26. The second-order valence-electron chi connectivity index (χ2n) is 6.40. The van der Waals surface area contributed by atoms with Crippen LogP contribution in [0.3, 0.4) is 0 Å². The van der Waals surface area contributed by atoms with E-state index >= 15 is 0 Å². The molecule has 1 unspecified atom stereocenters. The van der Waals surface area contributed by atoms with Crippen LogP contribution in [0.2, 0.25) is 0 Å². The minimum Gasteiger partial charge on any atom is -0.465 e. The summed E-state index contributed by atoms with van der Waals surface area (Å²) in [6.07, 6.45) is -0.00159. The Kier molecular flexibility index (Phi) is 4.65. The van der Waals surface area contributed by atoms with Gasteiger partial charge < -0.3 is 26.0 Å². The zero-order chi connectivity index (χ0) is 18.0. The molecule has 3 rings (SSSR count). The number of primary amides is 1. The topological polar surface area (TPSA) is 111 Å². The third-order valence-electron chi connectivity index (χ3n) is 4.64. The summed E-state index contributed by atoms with van der Waals surface area (Å²) >= 11 is 0. The summed E-state index contributed by atoms with van der Waals surface area (Å²) in [7, 11) is 0. The molecule has 5 N–H and O–H groups in total. The summed E-state index contributed by atoms with van der Waals surface area (Å²) in [6.45, 7) is 3.65. The number of carboxylic acid groups (broad SMARTS) is 1. The first kappa shape index (κ1) is 16.9. The lowest BCUT2D eigenvalue weighted by molar-refractivity contribution is 0.0999. The van der Waals surface area contributed by atoms with Crippen molar-refractivity contribution in [2.75, 3.05) is 25.0 Å². The summed E-state index contributed by atoms with van der Waals surface area (Å²) in [6, 6.07) is 9.58. The average molecular weight is 342 g/mol. The number of rotatable bonds is 5. The second-order valence-corrected chi connectivity index (χ2v) is 6.40. The average Bonchev–Trinajstić information content (AvgIpc) is 3.20. The standard InChI is InChI=1S/C18H22N4O3/c1-11-14(17(19)23)8-16(21-11)13-4-2-3-5-15(13)20-9-12-6-7-22(10-12)18(24)25/h2-5,8,12,20-21H,6-7,9-10H2,1H3,(H2,19,23)(H,24,25). The molecule has 1 aromatic heterocycles. The number of H-pyrrole nitrogens is 1. The molecule has 1 fully saturated rings.